The minimum Gasteiger partial charge on any atom is -0.464 e. The Hall–Kier alpha value is -2.63. The normalized spacial score (nSPS) is 10.8. The highest BCUT2D eigenvalue weighted by Gasteiger charge is 2.11. The molecule has 0 spiro atoms. The van der Waals surface area contributed by atoms with Crippen LogP contribution >= 0.6 is 0 Å². The first-order valence-corrected chi connectivity index (χ1v) is 4.91. The number of fused-ring (bicyclic) bond motifs is 1. The van der Waals surface area contributed by atoms with Gasteiger partial charge in [-0.05, 0) is 18.2 Å². The van der Waals surface area contributed by atoms with Crippen LogP contribution < -0.4 is 11.2 Å². The summed E-state index contributed by atoms with van der Waals surface area (Å²) in [6.07, 6.45) is 3.02. The maximum Gasteiger partial charge on any atom is 0.327 e. The number of hydrogen-bond donors (Lipinski definition) is 2. The van der Waals surface area contributed by atoms with Crippen LogP contribution in [-0.4, -0.2) is 15.0 Å². The van der Waals surface area contributed by atoms with Crippen molar-refractivity contribution in [2.45, 2.75) is 0 Å². The van der Waals surface area contributed by atoms with Crippen LogP contribution in [0.25, 0.3) is 22.4 Å². The number of furan rings is 1. The van der Waals surface area contributed by atoms with Crippen molar-refractivity contribution in [3.8, 4) is 11.3 Å². The lowest BCUT2D eigenvalue weighted by atomic mass is 10.1. The Kier molecular flexibility index (Phi) is 1.94. The highest BCUT2D eigenvalue weighted by molar-refractivity contribution is 5.89. The van der Waals surface area contributed by atoms with Crippen molar-refractivity contribution < 1.29 is 4.42 Å². The Morgan fingerprint density at radius 3 is 2.82 bits per heavy atom. The summed E-state index contributed by atoms with van der Waals surface area (Å²) in [5.74, 6) is 0.551. The van der Waals surface area contributed by atoms with E-state index < -0.39 is 11.2 Å². The molecule has 0 saturated heterocycles. The van der Waals surface area contributed by atoms with E-state index in [0.29, 0.717) is 16.7 Å². The number of rotatable bonds is 1. The Labute approximate surface area is 93.9 Å². The Morgan fingerprint density at radius 2 is 2.06 bits per heavy atom. The largest absolute Gasteiger partial charge is 0.464 e. The zero-order chi connectivity index (χ0) is 11.8. The summed E-state index contributed by atoms with van der Waals surface area (Å²) < 4.78 is 5.24. The molecule has 6 heteroatoms. The van der Waals surface area contributed by atoms with Gasteiger partial charge in [-0.2, -0.15) is 0 Å². The molecule has 3 aromatic heterocycles. The third-order valence-corrected chi connectivity index (χ3v) is 2.42. The molecule has 0 unspecified atom stereocenters. The fourth-order valence-electron chi connectivity index (χ4n) is 1.73. The van der Waals surface area contributed by atoms with E-state index in [4.69, 9.17) is 4.42 Å². The molecule has 0 amide bonds. The zero-order valence-corrected chi connectivity index (χ0v) is 8.56. The monoisotopic (exact) mass is 229 g/mol. The van der Waals surface area contributed by atoms with Gasteiger partial charge in [-0.25, -0.2) is 9.78 Å². The molecule has 0 aliphatic carbocycles. The molecule has 0 aliphatic heterocycles. The van der Waals surface area contributed by atoms with Crippen LogP contribution in [0.1, 0.15) is 0 Å². The fraction of sp³-hybridized carbons (Fsp3) is 0. The van der Waals surface area contributed by atoms with Gasteiger partial charge in [-0.1, -0.05) is 0 Å². The van der Waals surface area contributed by atoms with Gasteiger partial charge in [0.2, 0.25) is 0 Å². The molecule has 0 aliphatic rings. The summed E-state index contributed by atoms with van der Waals surface area (Å²) in [7, 11) is 0. The first-order valence-electron chi connectivity index (χ1n) is 4.91. The average molecular weight is 229 g/mol. The fourth-order valence-corrected chi connectivity index (χ4v) is 1.73. The molecule has 17 heavy (non-hydrogen) atoms. The smallest absolute Gasteiger partial charge is 0.327 e. The molecule has 3 aromatic rings. The molecule has 0 fully saturated rings. The van der Waals surface area contributed by atoms with Gasteiger partial charge in [-0.15, -0.1) is 0 Å². The summed E-state index contributed by atoms with van der Waals surface area (Å²) in [5, 5.41) is 0.307. The average Bonchev–Trinajstić information content (AvgIpc) is 2.80. The number of pyridine rings is 1. The third kappa shape index (κ3) is 1.46. The van der Waals surface area contributed by atoms with E-state index in [0.717, 1.165) is 0 Å². The Morgan fingerprint density at radius 1 is 1.18 bits per heavy atom. The van der Waals surface area contributed by atoms with Crippen molar-refractivity contribution in [3.63, 3.8) is 0 Å². The highest BCUT2D eigenvalue weighted by Crippen LogP contribution is 2.23. The van der Waals surface area contributed by atoms with E-state index in [2.05, 4.69) is 15.0 Å². The quantitative estimate of drug-likeness (QED) is 0.647. The molecule has 2 N–H and O–H groups in total. The van der Waals surface area contributed by atoms with Gasteiger partial charge < -0.3 is 4.42 Å². The molecule has 0 radical (unpaired) electrons. The summed E-state index contributed by atoms with van der Waals surface area (Å²) in [4.78, 5) is 31.5. The Bertz CT molecular complexity index is 784. The van der Waals surface area contributed by atoms with Crippen molar-refractivity contribution in [2.75, 3.05) is 0 Å². The second-order valence-corrected chi connectivity index (χ2v) is 3.47. The number of nitrogens with one attached hydrogen (secondary N) is 2. The first-order chi connectivity index (χ1) is 8.25. The number of hydrogen-bond acceptors (Lipinski definition) is 4. The van der Waals surface area contributed by atoms with E-state index in [-0.39, 0.29) is 5.65 Å². The molecular formula is C11H7N3O3. The van der Waals surface area contributed by atoms with Gasteiger partial charge in [0.15, 0.2) is 0 Å². The summed E-state index contributed by atoms with van der Waals surface area (Å²) >= 11 is 0. The van der Waals surface area contributed by atoms with E-state index in [1.807, 2.05) is 0 Å². The van der Waals surface area contributed by atoms with Crippen LogP contribution in [0.5, 0.6) is 0 Å². The van der Waals surface area contributed by atoms with Gasteiger partial charge in [0.05, 0.1) is 11.6 Å². The second kappa shape index (κ2) is 3.44. The van der Waals surface area contributed by atoms with Crippen LogP contribution in [0, 0.1) is 0 Å². The van der Waals surface area contributed by atoms with Gasteiger partial charge in [-0.3, -0.25) is 14.8 Å². The summed E-state index contributed by atoms with van der Waals surface area (Å²) in [6, 6.07) is 5.12. The van der Waals surface area contributed by atoms with Crippen molar-refractivity contribution >= 4 is 11.0 Å². The minimum atomic E-state index is -0.577. The molecule has 3 rings (SSSR count). The summed E-state index contributed by atoms with van der Waals surface area (Å²) in [6.45, 7) is 0. The lowest BCUT2D eigenvalue weighted by molar-refractivity contribution is 0.583. The minimum absolute atomic E-state index is 0.243. The van der Waals surface area contributed by atoms with Crippen LogP contribution in [0.15, 0.2) is 44.7 Å². The number of H-pyrrole nitrogens is 2. The molecule has 3 heterocycles. The van der Waals surface area contributed by atoms with Crippen LogP contribution in [0.4, 0.5) is 0 Å². The number of aromatic amines is 2. The maximum absolute atomic E-state index is 11.8. The molecule has 0 bridgehead atoms. The predicted octanol–water partition coefficient (Wildman–Crippen LogP) is 0.871. The highest BCUT2D eigenvalue weighted by atomic mass is 16.3. The number of aromatic nitrogens is 3. The van der Waals surface area contributed by atoms with E-state index >= 15 is 0 Å². The topological polar surface area (TPSA) is 91.8 Å². The second-order valence-electron chi connectivity index (χ2n) is 3.47. The van der Waals surface area contributed by atoms with Crippen LogP contribution in [-0.2, 0) is 0 Å². The van der Waals surface area contributed by atoms with Gasteiger partial charge in [0, 0.05) is 11.8 Å². The standard InChI is InChI=1S/C11H7N3O3/c15-10-8-6(7-2-1-5-17-7)3-4-12-9(8)13-11(16)14-10/h1-5H,(H2,12,13,14,15,16). The lowest BCUT2D eigenvalue weighted by Gasteiger charge is -2.01. The lowest BCUT2D eigenvalue weighted by Crippen LogP contribution is -2.22. The molecule has 0 saturated carbocycles. The van der Waals surface area contributed by atoms with Crippen molar-refractivity contribution in [1.82, 2.24) is 15.0 Å². The maximum atomic E-state index is 11.8. The molecule has 0 aromatic carbocycles. The predicted molar refractivity (Wildman–Crippen MR) is 60.7 cm³/mol. The van der Waals surface area contributed by atoms with Gasteiger partial charge in [0.25, 0.3) is 5.56 Å². The van der Waals surface area contributed by atoms with E-state index in [1.54, 1.807) is 18.2 Å². The Balaban J connectivity index is 2.49. The van der Waals surface area contributed by atoms with Gasteiger partial charge >= 0.3 is 5.69 Å². The van der Waals surface area contributed by atoms with Crippen molar-refractivity contribution in [3.05, 3.63) is 51.5 Å². The van der Waals surface area contributed by atoms with Crippen LogP contribution in [0.3, 0.4) is 0 Å². The molecular weight excluding hydrogens is 222 g/mol. The zero-order valence-electron chi connectivity index (χ0n) is 8.56. The van der Waals surface area contributed by atoms with Crippen LogP contribution in [0.2, 0.25) is 0 Å². The molecule has 0 atom stereocenters. The SMILES string of the molecule is O=c1[nH]c(=O)c2c(-c3ccco3)ccnc2[nH]1. The van der Waals surface area contributed by atoms with E-state index in [9.17, 15) is 9.59 Å². The third-order valence-electron chi connectivity index (χ3n) is 2.42. The van der Waals surface area contributed by atoms with Crippen molar-refractivity contribution in [1.29, 1.82) is 0 Å². The summed E-state index contributed by atoms with van der Waals surface area (Å²) in [5.41, 5.74) is -0.222. The number of nitrogens with zero attached hydrogens (tertiary/aromatic N) is 1. The van der Waals surface area contributed by atoms with Crippen molar-refractivity contribution in [2.24, 2.45) is 0 Å². The first kappa shape index (κ1) is 9.59. The molecule has 6 nitrogen and oxygen atoms in total. The van der Waals surface area contributed by atoms with E-state index in [1.165, 1.54) is 12.5 Å². The van der Waals surface area contributed by atoms with Gasteiger partial charge in [0.1, 0.15) is 11.4 Å². The molecule has 84 valence electrons.